The van der Waals surface area contributed by atoms with Gasteiger partial charge in [0.1, 0.15) is 4.90 Å². The minimum Gasteiger partial charge on any atom is -0.398 e. The van der Waals surface area contributed by atoms with E-state index in [1.807, 2.05) is 0 Å². The van der Waals surface area contributed by atoms with Crippen molar-refractivity contribution in [2.24, 2.45) is 11.1 Å². The zero-order valence-electron chi connectivity index (χ0n) is 12.5. The molecule has 1 fully saturated rings. The molecule has 0 bridgehead atoms. The maximum Gasteiger partial charge on any atom is 0.240 e. The van der Waals surface area contributed by atoms with Gasteiger partial charge in [-0.2, -0.15) is 0 Å². The van der Waals surface area contributed by atoms with Crippen LogP contribution in [0, 0.1) is 5.92 Å². The molecule has 6 nitrogen and oxygen atoms in total. The van der Waals surface area contributed by atoms with Crippen molar-refractivity contribution in [2.45, 2.75) is 30.7 Å². The number of rotatable bonds is 7. The fraction of sp³-hybridized carbons (Fsp3) is 0.571. The van der Waals surface area contributed by atoms with Gasteiger partial charge in [-0.15, -0.1) is 0 Å². The minimum absolute atomic E-state index is 0.0305. The number of hydrogen-bond donors (Lipinski definition) is 2. The zero-order chi connectivity index (χ0) is 15.6. The first-order valence-corrected chi connectivity index (χ1v) is 8.57. The van der Waals surface area contributed by atoms with Gasteiger partial charge in [0, 0.05) is 25.4 Å². The summed E-state index contributed by atoms with van der Waals surface area (Å²) in [6.45, 7) is 3.52. The van der Waals surface area contributed by atoms with E-state index < -0.39 is 10.0 Å². The van der Waals surface area contributed by atoms with E-state index in [2.05, 4.69) is 11.8 Å². The Morgan fingerprint density at radius 1 is 1.43 bits per heavy atom. The van der Waals surface area contributed by atoms with E-state index >= 15 is 0 Å². The van der Waals surface area contributed by atoms with Crippen molar-refractivity contribution >= 4 is 21.4 Å². The van der Waals surface area contributed by atoms with E-state index in [0.717, 1.165) is 12.2 Å². The highest BCUT2D eigenvalue weighted by Gasteiger charge is 2.32. The van der Waals surface area contributed by atoms with Crippen LogP contribution in [0.15, 0.2) is 23.1 Å². The van der Waals surface area contributed by atoms with E-state index in [-0.39, 0.29) is 10.6 Å². The van der Waals surface area contributed by atoms with Crippen LogP contribution in [-0.4, -0.2) is 34.7 Å². The average Bonchev–Trinajstić information content (AvgIpc) is 3.21. The predicted octanol–water partition coefficient (Wildman–Crippen LogP) is 1.17. The zero-order valence-corrected chi connectivity index (χ0v) is 13.3. The van der Waals surface area contributed by atoms with Crippen molar-refractivity contribution < 1.29 is 13.2 Å². The van der Waals surface area contributed by atoms with E-state index in [0.29, 0.717) is 18.6 Å². The van der Waals surface area contributed by atoms with E-state index in [1.54, 1.807) is 19.2 Å². The molecule has 1 aliphatic carbocycles. The van der Waals surface area contributed by atoms with Gasteiger partial charge in [-0.05, 0) is 43.9 Å². The number of sulfonamides is 1. The molecule has 21 heavy (non-hydrogen) atoms. The van der Waals surface area contributed by atoms with Gasteiger partial charge in [0.05, 0.1) is 12.3 Å². The Kier molecular flexibility index (Phi) is 4.75. The highest BCUT2D eigenvalue weighted by atomic mass is 32.2. The standard InChI is InChI=1S/C14H23N3O3S/c1-10(11-3-4-11)17(7-8-20-2)12-5-6-14(13(15)9-12)21(16,18)19/h5-6,9-11H,3-4,7-8,15H2,1-2H3,(H2,16,18,19). The number of anilines is 2. The first-order chi connectivity index (χ1) is 9.84. The summed E-state index contributed by atoms with van der Waals surface area (Å²) in [7, 11) is -2.12. The molecule has 1 aliphatic rings. The lowest BCUT2D eigenvalue weighted by Gasteiger charge is -2.31. The van der Waals surface area contributed by atoms with Crippen LogP contribution < -0.4 is 15.8 Å². The molecule has 1 aromatic carbocycles. The van der Waals surface area contributed by atoms with Gasteiger partial charge in [0.2, 0.25) is 10.0 Å². The summed E-state index contributed by atoms with van der Waals surface area (Å²) >= 11 is 0. The average molecular weight is 313 g/mol. The van der Waals surface area contributed by atoms with Crippen molar-refractivity contribution in [3.8, 4) is 0 Å². The van der Waals surface area contributed by atoms with Crippen molar-refractivity contribution in [3.05, 3.63) is 18.2 Å². The molecule has 7 heteroatoms. The van der Waals surface area contributed by atoms with Crippen LogP contribution in [-0.2, 0) is 14.8 Å². The SMILES string of the molecule is COCCN(c1ccc(S(N)(=O)=O)c(N)c1)C(C)C1CC1. The summed E-state index contributed by atoms with van der Waals surface area (Å²) in [6, 6.07) is 5.28. The summed E-state index contributed by atoms with van der Waals surface area (Å²) in [5.41, 5.74) is 6.93. The van der Waals surface area contributed by atoms with Gasteiger partial charge in [0.15, 0.2) is 0 Å². The first kappa shape index (κ1) is 16.1. The van der Waals surface area contributed by atoms with Crippen LogP contribution in [0.25, 0.3) is 0 Å². The van der Waals surface area contributed by atoms with Gasteiger partial charge < -0.3 is 15.4 Å². The molecule has 2 rings (SSSR count). The number of benzene rings is 1. The Morgan fingerprint density at radius 3 is 2.57 bits per heavy atom. The number of methoxy groups -OCH3 is 1. The molecule has 4 N–H and O–H groups in total. The smallest absolute Gasteiger partial charge is 0.240 e. The van der Waals surface area contributed by atoms with Gasteiger partial charge >= 0.3 is 0 Å². The molecule has 0 aromatic heterocycles. The quantitative estimate of drug-likeness (QED) is 0.736. The van der Waals surface area contributed by atoms with Crippen molar-refractivity contribution in [1.82, 2.24) is 0 Å². The van der Waals surface area contributed by atoms with Crippen LogP contribution in [0.3, 0.4) is 0 Å². The third kappa shape index (κ3) is 3.87. The Hall–Kier alpha value is -1.31. The Bertz CT molecular complexity index is 599. The number of nitrogen functional groups attached to an aromatic ring is 1. The monoisotopic (exact) mass is 313 g/mol. The van der Waals surface area contributed by atoms with Gasteiger partial charge in [0.25, 0.3) is 0 Å². The van der Waals surface area contributed by atoms with Crippen LogP contribution >= 0.6 is 0 Å². The number of primary sulfonamides is 1. The second kappa shape index (κ2) is 6.21. The van der Waals surface area contributed by atoms with Crippen LogP contribution in [0.1, 0.15) is 19.8 Å². The topological polar surface area (TPSA) is 98.6 Å². The minimum atomic E-state index is -3.79. The van der Waals surface area contributed by atoms with Gasteiger partial charge in [-0.3, -0.25) is 0 Å². The molecular weight excluding hydrogens is 290 g/mol. The number of nitrogens with zero attached hydrogens (tertiary/aromatic N) is 1. The summed E-state index contributed by atoms with van der Waals surface area (Å²) in [6.07, 6.45) is 2.46. The highest BCUT2D eigenvalue weighted by Crippen LogP contribution is 2.37. The third-order valence-corrected chi connectivity index (χ3v) is 4.95. The molecule has 0 aliphatic heterocycles. The maximum atomic E-state index is 11.4. The summed E-state index contributed by atoms with van der Waals surface area (Å²) in [4.78, 5) is 2.18. The molecule has 118 valence electrons. The lowest BCUT2D eigenvalue weighted by atomic mass is 10.1. The largest absolute Gasteiger partial charge is 0.398 e. The lowest BCUT2D eigenvalue weighted by Crippen LogP contribution is -2.37. The molecule has 1 unspecified atom stereocenters. The molecule has 0 radical (unpaired) electrons. The lowest BCUT2D eigenvalue weighted by molar-refractivity contribution is 0.202. The predicted molar refractivity (Wildman–Crippen MR) is 83.6 cm³/mol. The second-order valence-electron chi connectivity index (χ2n) is 5.53. The van der Waals surface area contributed by atoms with E-state index in [4.69, 9.17) is 15.6 Å². The van der Waals surface area contributed by atoms with Crippen LogP contribution in [0.5, 0.6) is 0 Å². The van der Waals surface area contributed by atoms with Gasteiger partial charge in [-0.25, -0.2) is 13.6 Å². The fourth-order valence-corrected chi connectivity index (χ4v) is 3.21. The number of hydrogen-bond acceptors (Lipinski definition) is 5. The summed E-state index contributed by atoms with van der Waals surface area (Å²) in [5, 5.41) is 5.14. The Balaban J connectivity index is 2.29. The van der Waals surface area contributed by atoms with Crippen LogP contribution in [0.2, 0.25) is 0 Å². The molecule has 1 aromatic rings. The Labute approximate surface area is 126 Å². The normalized spacial score (nSPS) is 16.7. The second-order valence-corrected chi connectivity index (χ2v) is 7.06. The fourth-order valence-electron chi connectivity index (χ4n) is 2.56. The van der Waals surface area contributed by atoms with Gasteiger partial charge in [-0.1, -0.05) is 0 Å². The van der Waals surface area contributed by atoms with Crippen LogP contribution in [0.4, 0.5) is 11.4 Å². The molecule has 1 saturated carbocycles. The first-order valence-electron chi connectivity index (χ1n) is 7.02. The third-order valence-electron chi connectivity index (χ3n) is 3.96. The molecule has 0 spiro atoms. The molecule has 1 atom stereocenters. The molecule has 0 saturated heterocycles. The highest BCUT2D eigenvalue weighted by molar-refractivity contribution is 7.89. The van der Waals surface area contributed by atoms with Crippen molar-refractivity contribution in [2.75, 3.05) is 30.9 Å². The molecular formula is C14H23N3O3S. The summed E-state index contributed by atoms with van der Waals surface area (Å²) in [5.74, 6) is 0.681. The Morgan fingerprint density at radius 2 is 2.10 bits per heavy atom. The molecule has 0 heterocycles. The number of ether oxygens (including phenoxy) is 1. The van der Waals surface area contributed by atoms with Crippen molar-refractivity contribution in [1.29, 1.82) is 0 Å². The van der Waals surface area contributed by atoms with E-state index in [9.17, 15) is 8.42 Å². The number of nitrogens with two attached hydrogens (primary N) is 2. The molecule has 0 amide bonds. The summed E-state index contributed by atoms with van der Waals surface area (Å²) < 4.78 is 28.0. The van der Waals surface area contributed by atoms with Crippen molar-refractivity contribution in [3.63, 3.8) is 0 Å². The van der Waals surface area contributed by atoms with E-state index in [1.165, 1.54) is 18.9 Å². The maximum absolute atomic E-state index is 11.4.